The van der Waals surface area contributed by atoms with E-state index < -0.39 is 5.91 Å². The number of rotatable bonds is 10. The van der Waals surface area contributed by atoms with E-state index in [4.69, 9.17) is 24.4 Å². The monoisotopic (exact) mass is 543 g/mol. The number of hydrazone groups is 1. The molecule has 0 fully saturated rings. The Balaban J connectivity index is 1.23. The number of methoxy groups -OCH3 is 2. The normalized spacial score (nSPS) is 15.5. The summed E-state index contributed by atoms with van der Waals surface area (Å²) in [5.74, 6) is 1.99. The highest BCUT2D eigenvalue weighted by molar-refractivity contribution is 8.27. The van der Waals surface area contributed by atoms with Crippen LogP contribution in [0.25, 0.3) is 6.08 Å². The minimum absolute atomic E-state index is 0.0493. The van der Waals surface area contributed by atoms with Crippen LogP contribution in [0.1, 0.15) is 17.5 Å². The third kappa shape index (κ3) is 5.93. The molecule has 1 amide bonds. The number of nitrogens with zero attached hydrogens (tertiary/aromatic N) is 4. The Labute approximate surface area is 229 Å². The molecule has 0 saturated heterocycles. The molecule has 2 aliphatic rings. The molecule has 0 saturated carbocycles. The van der Waals surface area contributed by atoms with Gasteiger partial charge in [-0.3, -0.25) is 15.2 Å². The number of amides is 1. The Morgan fingerprint density at radius 1 is 0.974 bits per heavy atom. The van der Waals surface area contributed by atoms with Crippen LogP contribution in [0, 0.1) is 5.41 Å². The third-order valence-electron chi connectivity index (χ3n) is 5.72. The molecular weight excluding hydrogens is 518 g/mol. The maximum Gasteiger partial charge on any atom is 0.283 e. The highest BCUT2D eigenvalue weighted by atomic mass is 32.2. The average Bonchev–Trinajstić information content (AvgIpc) is 3.40. The van der Waals surface area contributed by atoms with Crippen molar-refractivity contribution in [3.05, 3.63) is 83.7 Å². The summed E-state index contributed by atoms with van der Waals surface area (Å²) in [4.78, 5) is 21.0. The largest absolute Gasteiger partial charge is 0.497 e. The van der Waals surface area contributed by atoms with Crippen LogP contribution in [0.5, 0.6) is 23.0 Å². The molecule has 2 aliphatic heterocycles. The first-order valence-corrected chi connectivity index (χ1v) is 12.9. The van der Waals surface area contributed by atoms with Crippen molar-refractivity contribution in [1.82, 2.24) is 9.99 Å². The van der Waals surface area contributed by atoms with Crippen LogP contribution in [0.4, 0.5) is 0 Å². The first-order valence-electron chi connectivity index (χ1n) is 12.0. The smallest absolute Gasteiger partial charge is 0.283 e. The van der Waals surface area contributed by atoms with Gasteiger partial charge in [0.15, 0.2) is 17.3 Å². The fraction of sp³-hybridized carbons (Fsp3) is 0.179. The Bertz CT molecular complexity index is 1490. The van der Waals surface area contributed by atoms with E-state index in [0.717, 1.165) is 17.1 Å². The van der Waals surface area contributed by atoms with Crippen molar-refractivity contribution >= 4 is 39.8 Å². The molecule has 1 N–H and O–H groups in total. The molecule has 5 rings (SSSR count). The van der Waals surface area contributed by atoms with E-state index in [9.17, 15) is 4.79 Å². The minimum atomic E-state index is -0.503. The number of aliphatic imine (C=N–C) groups is 1. The predicted octanol–water partition coefficient (Wildman–Crippen LogP) is 4.61. The minimum Gasteiger partial charge on any atom is -0.497 e. The fourth-order valence-corrected chi connectivity index (χ4v) is 4.66. The van der Waals surface area contributed by atoms with Gasteiger partial charge in [-0.1, -0.05) is 12.1 Å². The number of ether oxygens (including phenoxy) is 4. The van der Waals surface area contributed by atoms with Crippen molar-refractivity contribution in [2.75, 3.05) is 27.4 Å². The molecule has 2 aromatic carbocycles. The summed E-state index contributed by atoms with van der Waals surface area (Å²) in [6, 6.07) is 16.4. The quantitative estimate of drug-likeness (QED) is 0.291. The maximum absolute atomic E-state index is 12.8. The van der Waals surface area contributed by atoms with Gasteiger partial charge in [0, 0.05) is 30.4 Å². The van der Waals surface area contributed by atoms with Crippen molar-refractivity contribution in [3.63, 3.8) is 0 Å². The van der Waals surface area contributed by atoms with E-state index in [0.29, 0.717) is 46.9 Å². The van der Waals surface area contributed by atoms with E-state index in [-0.39, 0.29) is 11.4 Å². The molecule has 0 bridgehead atoms. The van der Waals surface area contributed by atoms with Crippen LogP contribution in [0.3, 0.4) is 0 Å². The fourth-order valence-electron chi connectivity index (χ4n) is 3.78. The first kappa shape index (κ1) is 26.0. The second-order valence-corrected chi connectivity index (χ2v) is 9.26. The van der Waals surface area contributed by atoms with Gasteiger partial charge in [-0.05, 0) is 59.8 Å². The number of nitrogens with one attached hydrogen (secondary N) is 1. The molecule has 0 radical (unpaired) electrons. The van der Waals surface area contributed by atoms with Crippen molar-refractivity contribution in [2.24, 2.45) is 10.1 Å². The van der Waals surface area contributed by atoms with Gasteiger partial charge in [0.25, 0.3) is 5.91 Å². The molecule has 198 valence electrons. The predicted molar refractivity (Wildman–Crippen MR) is 150 cm³/mol. The second-order valence-electron chi connectivity index (χ2n) is 8.31. The lowest BCUT2D eigenvalue weighted by molar-refractivity contribution is -0.114. The summed E-state index contributed by atoms with van der Waals surface area (Å²) >= 11 is 1.23. The Morgan fingerprint density at radius 3 is 2.62 bits per heavy atom. The molecule has 0 atom stereocenters. The van der Waals surface area contributed by atoms with E-state index in [1.165, 1.54) is 16.8 Å². The van der Waals surface area contributed by atoms with Crippen molar-refractivity contribution < 1.29 is 23.7 Å². The molecule has 11 heteroatoms. The van der Waals surface area contributed by atoms with Crippen molar-refractivity contribution in [3.8, 4) is 23.0 Å². The van der Waals surface area contributed by atoms with Crippen molar-refractivity contribution in [2.45, 2.75) is 6.42 Å². The van der Waals surface area contributed by atoms with Gasteiger partial charge in [-0.15, -0.1) is 0 Å². The number of hydrogen-bond donors (Lipinski definition) is 1. The van der Waals surface area contributed by atoms with Gasteiger partial charge in [-0.25, -0.2) is 0 Å². The SMILES string of the molecule is COc1cccc(OCCCOc2ccc(/C=C3/C(=N)N4N=C(c5cccnc5)SC4=NC3=O)cc2OC)c1. The highest BCUT2D eigenvalue weighted by Crippen LogP contribution is 2.32. The van der Waals surface area contributed by atoms with Gasteiger partial charge < -0.3 is 18.9 Å². The van der Waals surface area contributed by atoms with Crippen LogP contribution in [-0.2, 0) is 4.79 Å². The zero-order valence-corrected chi connectivity index (χ0v) is 22.1. The number of amidine groups is 2. The van der Waals surface area contributed by atoms with E-state index in [1.54, 1.807) is 57.0 Å². The molecule has 0 unspecified atom stereocenters. The molecule has 10 nitrogen and oxygen atoms in total. The number of benzene rings is 2. The summed E-state index contributed by atoms with van der Waals surface area (Å²) in [6.07, 6.45) is 5.61. The molecular formula is C28H25N5O5S. The number of thioether (sulfide) groups is 1. The summed E-state index contributed by atoms with van der Waals surface area (Å²) in [6.45, 7) is 0.900. The zero-order chi connectivity index (χ0) is 27.2. The summed E-state index contributed by atoms with van der Waals surface area (Å²) in [7, 11) is 3.16. The van der Waals surface area contributed by atoms with E-state index in [2.05, 4.69) is 15.1 Å². The van der Waals surface area contributed by atoms with Gasteiger partial charge in [0.1, 0.15) is 16.5 Å². The topological polar surface area (TPSA) is 119 Å². The summed E-state index contributed by atoms with van der Waals surface area (Å²) in [5.41, 5.74) is 1.58. The van der Waals surface area contributed by atoms with Gasteiger partial charge >= 0.3 is 0 Å². The number of fused-ring (bicyclic) bond motifs is 1. The van der Waals surface area contributed by atoms with Crippen molar-refractivity contribution in [1.29, 1.82) is 5.41 Å². The number of hydrogen-bond acceptors (Lipinski definition) is 9. The standard InChI is InChI=1S/C28H25N5O5S/c1-35-20-7-3-8-21(16-20)37-12-5-13-38-23-10-9-18(15-24(23)36-2)14-22-25(29)33-28(31-26(22)34)39-27(32-33)19-6-4-11-30-17-19/h3-4,6-11,14-17,29H,5,12-13H2,1-2H3/b22-14-,29-25?. The number of carbonyl (C=O) groups is 1. The molecule has 0 aliphatic carbocycles. The van der Waals surface area contributed by atoms with E-state index in [1.807, 2.05) is 30.3 Å². The number of carbonyl (C=O) groups excluding carboxylic acids is 1. The van der Waals surface area contributed by atoms with Gasteiger partial charge in [0.2, 0.25) is 5.17 Å². The number of pyridine rings is 1. The molecule has 3 aromatic rings. The maximum atomic E-state index is 12.8. The highest BCUT2D eigenvalue weighted by Gasteiger charge is 2.36. The van der Waals surface area contributed by atoms with Crippen LogP contribution in [-0.4, -0.2) is 59.4 Å². The van der Waals surface area contributed by atoms with Crippen LogP contribution < -0.4 is 18.9 Å². The second kappa shape index (κ2) is 11.8. The molecule has 1 aromatic heterocycles. The zero-order valence-electron chi connectivity index (χ0n) is 21.3. The lowest BCUT2D eigenvalue weighted by Crippen LogP contribution is -2.35. The lowest BCUT2D eigenvalue weighted by atomic mass is 10.1. The van der Waals surface area contributed by atoms with Gasteiger partial charge in [0.05, 0.1) is 33.0 Å². The molecule has 0 spiro atoms. The summed E-state index contributed by atoms with van der Waals surface area (Å²) in [5, 5.41) is 15.4. The molecule has 3 heterocycles. The lowest BCUT2D eigenvalue weighted by Gasteiger charge is -2.20. The van der Waals surface area contributed by atoms with Crippen LogP contribution in [0.15, 0.2) is 82.7 Å². The third-order valence-corrected chi connectivity index (χ3v) is 6.68. The Kier molecular flexibility index (Phi) is 7.88. The summed E-state index contributed by atoms with van der Waals surface area (Å²) < 4.78 is 22.4. The Morgan fingerprint density at radius 2 is 1.82 bits per heavy atom. The van der Waals surface area contributed by atoms with Crippen LogP contribution >= 0.6 is 11.8 Å². The number of aromatic nitrogens is 1. The molecule has 39 heavy (non-hydrogen) atoms. The Hall–Kier alpha value is -4.64. The van der Waals surface area contributed by atoms with Crippen LogP contribution in [0.2, 0.25) is 0 Å². The van der Waals surface area contributed by atoms with E-state index >= 15 is 0 Å². The first-order chi connectivity index (χ1) is 19.1. The van der Waals surface area contributed by atoms with Gasteiger partial charge in [-0.2, -0.15) is 15.1 Å². The average molecular weight is 544 g/mol.